The van der Waals surface area contributed by atoms with E-state index in [0.717, 1.165) is 5.57 Å². The molecule has 5 nitrogen and oxygen atoms in total. The molecular formula is C16H22O5. The molecule has 0 atom stereocenters. The van der Waals surface area contributed by atoms with Crippen LogP contribution in [0.5, 0.6) is 23.0 Å². The van der Waals surface area contributed by atoms with Crippen molar-refractivity contribution in [1.82, 2.24) is 0 Å². The number of aromatic hydroxyl groups is 1. The number of rotatable bonds is 6. The zero-order valence-corrected chi connectivity index (χ0v) is 13.4. The molecule has 1 N–H and O–H groups in total. The predicted molar refractivity (Wildman–Crippen MR) is 80.9 cm³/mol. The lowest BCUT2D eigenvalue weighted by atomic mass is 9.99. The fourth-order valence-electron chi connectivity index (χ4n) is 2.17. The normalized spacial score (nSPS) is 10.0. The van der Waals surface area contributed by atoms with Crippen LogP contribution in [-0.2, 0) is 6.42 Å². The Bertz CT molecular complexity index is 569. The minimum absolute atomic E-state index is 0.104. The van der Waals surface area contributed by atoms with Gasteiger partial charge in [0.15, 0.2) is 17.3 Å². The summed E-state index contributed by atoms with van der Waals surface area (Å²) in [5.74, 6) is 0.258. The van der Waals surface area contributed by atoms with Crippen molar-refractivity contribution in [2.45, 2.75) is 27.2 Å². The van der Waals surface area contributed by atoms with Crippen LogP contribution in [0.25, 0.3) is 0 Å². The molecule has 0 unspecified atom stereocenters. The summed E-state index contributed by atoms with van der Waals surface area (Å²) >= 11 is 0. The summed E-state index contributed by atoms with van der Waals surface area (Å²) < 4.78 is 15.9. The Hall–Kier alpha value is -2.17. The smallest absolute Gasteiger partial charge is 0.204 e. The third kappa shape index (κ3) is 3.29. The second-order valence-electron chi connectivity index (χ2n) is 4.84. The van der Waals surface area contributed by atoms with Crippen molar-refractivity contribution >= 4 is 5.78 Å². The number of ether oxygens (including phenoxy) is 3. The molecule has 0 saturated heterocycles. The molecular weight excluding hydrogens is 272 g/mol. The van der Waals surface area contributed by atoms with Crippen LogP contribution >= 0.6 is 0 Å². The van der Waals surface area contributed by atoms with Gasteiger partial charge in [-0.25, -0.2) is 0 Å². The summed E-state index contributed by atoms with van der Waals surface area (Å²) in [6, 6.07) is 0. The summed E-state index contributed by atoms with van der Waals surface area (Å²) in [5, 5.41) is 10.3. The number of Topliss-reactive ketones (excluding diaryl/α,β-unsaturated/α-hetero) is 1. The number of phenols is 1. The van der Waals surface area contributed by atoms with E-state index in [-0.39, 0.29) is 22.8 Å². The molecule has 0 saturated carbocycles. The molecule has 0 spiro atoms. The van der Waals surface area contributed by atoms with Gasteiger partial charge in [-0.2, -0.15) is 0 Å². The van der Waals surface area contributed by atoms with Crippen molar-refractivity contribution in [1.29, 1.82) is 0 Å². The van der Waals surface area contributed by atoms with Gasteiger partial charge in [0.2, 0.25) is 5.75 Å². The van der Waals surface area contributed by atoms with Gasteiger partial charge in [0.05, 0.1) is 21.3 Å². The Balaban J connectivity index is 3.75. The van der Waals surface area contributed by atoms with E-state index in [1.165, 1.54) is 28.3 Å². The standard InChI is InChI=1S/C16H22O5/c1-9(2)7-8-11-14(19-4)12(10(3)17)13(18)16(21-6)15(11)20-5/h7,18H,8H2,1-6H3. The first-order valence-corrected chi connectivity index (χ1v) is 6.57. The Morgan fingerprint density at radius 3 is 1.90 bits per heavy atom. The lowest BCUT2D eigenvalue weighted by molar-refractivity contribution is 0.101. The number of ketones is 1. The van der Waals surface area contributed by atoms with Crippen LogP contribution in [0.15, 0.2) is 11.6 Å². The largest absolute Gasteiger partial charge is 0.504 e. The molecule has 0 aliphatic carbocycles. The van der Waals surface area contributed by atoms with Crippen molar-refractivity contribution in [2.75, 3.05) is 21.3 Å². The SMILES string of the molecule is COc1c(O)c(C(C)=O)c(OC)c(CC=C(C)C)c1OC. The number of methoxy groups -OCH3 is 3. The van der Waals surface area contributed by atoms with Crippen LogP contribution < -0.4 is 14.2 Å². The summed E-state index contributed by atoms with van der Waals surface area (Å²) in [5.41, 5.74) is 1.89. The molecule has 0 aliphatic heterocycles. The Kier molecular flexibility index (Phi) is 5.64. The Labute approximate surface area is 125 Å². The number of hydrogen-bond acceptors (Lipinski definition) is 5. The van der Waals surface area contributed by atoms with Crippen LogP contribution in [-0.4, -0.2) is 32.2 Å². The second-order valence-corrected chi connectivity index (χ2v) is 4.84. The highest BCUT2D eigenvalue weighted by atomic mass is 16.5. The average Bonchev–Trinajstić information content (AvgIpc) is 2.43. The van der Waals surface area contributed by atoms with Gasteiger partial charge in [-0.1, -0.05) is 11.6 Å². The van der Waals surface area contributed by atoms with Crippen LogP contribution in [0.2, 0.25) is 0 Å². The number of phenolic OH excluding ortho intramolecular Hbond substituents is 1. The van der Waals surface area contributed by atoms with Crippen LogP contribution in [0.4, 0.5) is 0 Å². The number of hydrogen-bond donors (Lipinski definition) is 1. The molecule has 0 aliphatic rings. The molecule has 0 heterocycles. The van der Waals surface area contributed by atoms with E-state index in [1.54, 1.807) is 0 Å². The van der Waals surface area contributed by atoms with E-state index in [0.29, 0.717) is 23.5 Å². The highest BCUT2D eigenvalue weighted by Gasteiger charge is 2.27. The quantitative estimate of drug-likeness (QED) is 0.645. The fraction of sp³-hybridized carbons (Fsp3) is 0.438. The number of benzene rings is 1. The zero-order chi connectivity index (χ0) is 16.2. The summed E-state index contributed by atoms with van der Waals surface area (Å²) in [4.78, 5) is 11.9. The summed E-state index contributed by atoms with van der Waals surface area (Å²) in [6.07, 6.45) is 2.49. The third-order valence-electron chi connectivity index (χ3n) is 3.11. The molecule has 0 bridgehead atoms. The molecule has 1 rings (SSSR count). The van der Waals surface area contributed by atoms with Gasteiger partial charge in [0.25, 0.3) is 0 Å². The van der Waals surface area contributed by atoms with Crippen molar-refractivity contribution in [3.8, 4) is 23.0 Å². The van der Waals surface area contributed by atoms with E-state index in [1.807, 2.05) is 19.9 Å². The monoisotopic (exact) mass is 294 g/mol. The van der Waals surface area contributed by atoms with Crippen LogP contribution in [0.3, 0.4) is 0 Å². The molecule has 0 aromatic heterocycles. The Morgan fingerprint density at radius 1 is 1.00 bits per heavy atom. The molecule has 0 radical (unpaired) electrons. The fourth-order valence-corrected chi connectivity index (χ4v) is 2.17. The van der Waals surface area contributed by atoms with Crippen LogP contribution in [0.1, 0.15) is 36.7 Å². The van der Waals surface area contributed by atoms with Gasteiger partial charge in [-0.3, -0.25) is 4.79 Å². The van der Waals surface area contributed by atoms with Crippen molar-refractivity contribution in [3.63, 3.8) is 0 Å². The molecule has 0 fully saturated rings. The highest BCUT2D eigenvalue weighted by molar-refractivity contribution is 6.01. The average molecular weight is 294 g/mol. The summed E-state index contributed by atoms with van der Waals surface area (Å²) in [6.45, 7) is 5.32. The molecule has 0 amide bonds. The number of carbonyl (C=O) groups is 1. The van der Waals surface area contributed by atoms with Gasteiger partial charge >= 0.3 is 0 Å². The third-order valence-corrected chi connectivity index (χ3v) is 3.11. The number of allylic oxidation sites excluding steroid dienone is 2. The van der Waals surface area contributed by atoms with Crippen molar-refractivity contribution in [2.24, 2.45) is 0 Å². The van der Waals surface area contributed by atoms with Gasteiger partial charge in [-0.15, -0.1) is 0 Å². The molecule has 1 aromatic rings. The van der Waals surface area contributed by atoms with Gasteiger partial charge in [-0.05, 0) is 27.2 Å². The first-order valence-electron chi connectivity index (χ1n) is 6.57. The second kappa shape index (κ2) is 7.02. The topological polar surface area (TPSA) is 65.0 Å². The van der Waals surface area contributed by atoms with E-state index < -0.39 is 0 Å². The van der Waals surface area contributed by atoms with Crippen molar-refractivity contribution < 1.29 is 24.1 Å². The van der Waals surface area contributed by atoms with E-state index in [2.05, 4.69) is 0 Å². The lowest BCUT2D eigenvalue weighted by Gasteiger charge is -2.20. The Morgan fingerprint density at radius 2 is 1.52 bits per heavy atom. The molecule has 5 heteroatoms. The van der Waals surface area contributed by atoms with E-state index in [4.69, 9.17) is 14.2 Å². The first kappa shape index (κ1) is 16.9. The lowest BCUT2D eigenvalue weighted by Crippen LogP contribution is -2.06. The van der Waals surface area contributed by atoms with Gasteiger partial charge < -0.3 is 19.3 Å². The van der Waals surface area contributed by atoms with E-state index in [9.17, 15) is 9.90 Å². The summed E-state index contributed by atoms with van der Waals surface area (Å²) in [7, 11) is 4.36. The maximum atomic E-state index is 11.9. The maximum absolute atomic E-state index is 11.9. The van der Waals surface area contributed by atoms with E-state index >= 15 is 0 Å². The number of carbonyl (C=O) groups excluding carboxylic acids is 1. The first-order chi connectivity index (χ1) is 9.88. The minimum atomic E-state index is -0.302. The molecule has 21 heavy (non-hydrogen) atoms. The predicted octanol–water partition coefficient (Wildman–Crippen LogP) is 3.13. The molecule has 116 valence electrons. The maximum Gasteiger partial charge on any atom is 0.204 e. The molecule has 1 aromatic carbocycles. The highest BCUT2D eigenvalue weighted by Crippen LogP contribution is 2.48. The van der Waals surface area contributed by atoms with Gasteiger partial charge in [0, 0.05) is 5.56 Å². The minimum Gasteiger partial charge on any atom is -0.504 e. The van der Waals surface area contributed by atoms with Gasteiger partial charge in [0.1, 0.15) is 11.3 Å². The van der Waals surface area contributed by atoms with Crippen LogP contribution in [0, 0.1) is 0 Å². The van der Waals surface area contributed by atoms with Crippen molar-refractivity contribution in [3.05, 3.63) is 22.8 Å². The zero-order valence-electron chi connectivity index (χ0n) is 13.4.